The third kappa shape index (κ3) is 6.81. The number of rotatable bonds is 6. The topological polar surface area (TPSA) is 65.2 Å². The molecule has 0 heterocycles. The van der Waals surface area contributed by atoms with E-state index in [1.165, 1.54) is 0 Å². The first-order valence-corrected chi connectivity index (χ1v) is 14.9. The van der Waals surface area contributed by atoms with Crippen molar-refractivity contribution in [1.82, 2.24) is 0 Å². The molecule has 0 aromatic heterocycles. The molecule has 4 heteroatoms. The van der Waals surface area contributed by atoms with E-state index in [0.717, 1.165) is 33.4 Å². The molecule has 0 saturated carbocycles. The van der Waals surface area contributed by atoms with Gasteiger partial charge < -0.3 is 10.2 Å². The van der Waals surface area contributed by atoms with E-state index in [2.05, 4.69) is 77.9 Å². The number of nitrogens with zero attached hydrogens (tertiary/aromatic N) is 2. The fourth-order valence-electron chi connectivity index (χ4n) is 5.21. The van der Waals surface area contributed by atoms with Crippen molar-refractivity contribution >= 4 is 23.8 Å². The highest BCUT2D eigenvalue weighted by Crippen LogP contribution is 2.39. The summed E-state index contributed by atoms with van der Waals surface area (Å²) in [5.74, 6) is 0.443. The van der Waals surface area contributed by atoms with Crippen LogP contribution in [0.5, 0.6) is 11.5 Å². The van der Waals surface area contributed by atoms with Gasteiger partial charge in [-0.2, -0.15) is 0 Å². The molecule has 4 nitrogen and oxygen atoms in total. The van der Waals surface area contributed by atoms with Crippen LogP contribution in [0, 0.1) is 0 Å². The van der Waals surface area contributed by atoms with Gasteiger partial charge in [-0.15, -0.1) is 0 Å². The van der Waals surface area contributed by atoms with Crippen LogP contribution in [-0.2, 0) is 10.8 Å². The van der Waals surface area contributed by atoms with Crippen molar-refractivity contribution in [2.24, 2.45) is 9.98 Å². The average Bonchev–Trinajstić information content (AvgIpc) is 3.00. The molecule has 0 aliphatic carbocycles. The molecule has 5 aromatic carbocycles. The van der Waals surface area contributed by atoms with Crippen molar-refractivity contribution in [2.75, 3.05) is 0 Å². The molecule has 0 amide bonds. The highest BCUT2D eigenvalue weighted by Gasteiger charge is 2.23. The summed E-state index contributed by atoms with van der Waals surface area (Å²) in [7, 11) is 0. The zero-order chi connectivity index (χ0) is 31.5. The predicted molar refractivity (Wildman–Crippen MR) is 185 cm³/mol. The fraction of sp³-hybridized carbons (Fsp3) is 0.200. The standard InChI is InChI=1S/C40H40N2O2/c1-39(2,3)33-23-29(27-15-9-7-10-16-27)21-31(37(33)43)25-41-35-19-13-14-20-36(35)42-26-32-22-30(28-17-11-8-12-18-28)24-34(38(32)44)40(4,5)6/h7-26,43-44H,1-6H3. The van der Waals surface area contributed by atoms with E-state index < -0.39 is 0 Å². The molecule has 0 spiro atoms. The van der Waals surface area contributed by atoms with Gasteiger partial charge >= 0.3 is 0 Å². The maximum atomic E-state index is 11.3. The van der Waals surface area contributed by atoms with Gasteiger partial charge in [0.15, 0.2) is 0 Å². The summed E-state index contributed by atoms with van der Waals surface area (Å²) in [5.41, 5.74) is 7.95. The van der Waals surface area contributed by atoms with Crippen LogP contribution in [0.2, 0.25) is 0 Å². The Labute approximate surface area is 261 Å². The molecule has 5 aromatic rings. The minimum absolute atomic E-state index is 0.222. The van der Waals surface area contributed by atoms with Gasteiger partial charge in [0.05, 0.1) is 11.4 Å². The minimum Gasteiger partial charge on any atom is -0.507 e. The Hall–Kier alpha value is -4.96. The largest absolute Gasteiger partial charge is 0.507 e. The van der Waals surface area contributed by atoms with E-state index >= 15 is 0 Å². The molecule has 0 aliphatic rings. The van der Waals surface area contributed by atoms with E-state index in [4.69, 9.17) is 9.98 Å². The Kier molecular flexibility index (Phi) is 8.55. The third-order valence-corrected chi connectivity index (χ3v) is 7.68. The Balaban J connectivity index is 1.55. The number of para-hydroxylation sites is 2. The quantitative estimate of drug-likeness (QED) is 0.196. The first-order valence-electron chi connectivity index (χ1n) is 14.9. The first-order chi connectivity index (χ1) is 20.9. The van der Waals surface area contributed by atoms with Crippen LogP contribution in [-0.4, -0.2) is 22.6 Å². The third-order valence-electron chi connectivity index (χ3n) is 7.68. The first kappa shape index (κ1) is 30.5. The van der Waals surface area contributed by atoms with Crippen LogP contribution >= 0.6 is 0 Å². The van der Waals surface area contributed by atoms with Gasteiger partial charge in [-0.1, -0.05) is 114 Å². The summed E-state index contributed by atoms with van der Waals surface area (Å²) in [6.07, 6.45) is 3.41. The summed E-state index contributed by atoms with van der Waals surface area (Å²) in [6, 6.07) is 36.0. The lowest BCUT2D eigenvalue weighted by Crippen LogP contribution is -2.12. The number of phenols is 2. The van der Waals surface area contributed by atoms with E-state index in [1.807, 2.05) is 72.8 Å². The van der Waals surface area contributed by atoms with Crippen LogP contribution in [0.25, 0.3) is 22.3 Å². The van der Waals surface area contributed by atoms with Crippen LogP contribution in [0.1, 0.15) is 63.8 Å². The summed E-state index contributed by atoms with van der Waals surface area (Å²) in [6.45, 7) is 12.6. The number of hydrogen-bond acceptors (Lipinski definition) is 4. The predicted octanol–water partition coefficient (Wildman–Crippen LogP) is 10.5. The molecule has 0 saturated heterocycles. The van der Waals surface area contributed by atoms with E-state index in [9.17, 15) is 10.2 Å². The van der Waals surface area contributed by atoms with Crippen molar-refractivity contribution in [3.05, 3.63) is 131 Å². The van der Waals surface area contributed by atoms with E-state index in [1.54, 1.807) is 12.4 Å². The van der Waals surface area contributed by atoms with Gasteiger partial charge in [-0.3, -0.25) is 9.98 Å². The molecule has 0 unspecified atom stereocenters. The lowest BCUT2D eigenvalue weighted by atomic mass is 9.83. The van der Waals surface area contributed by atoms with Gasteiger partial charge in [-0.25, -0.2) is 0 Å². The molecule has 5 rings (SSSR count). The highest BCUT2D eigenvalue weighted by molar-refractivity contribution is 5.92. The average molecular weight is 581 g/mol. The SMILES string of the molecule is CC(C)(C)c1cc(-c2ccccc2)cc(C=Nc2ccccc2N=Cc2cc(-c3ccccc3)cc(C(C)(C)C)c2O)c1O. The van der Waals surface area contributed by atoms with E-state index in [0.29, 0.717) is 22.5 Å². The van der Waals surface area contributed by atoms with Crippen molar-refractivity contribution in [1.29, 1.82) is 0 Å². The summed E-state index contributed by atoms with van der Waals surface area (Å²) < 4.78 is 0. The number of aliphatic imine (C=N–C) groups is 2. The van der Waals surface area contributed by atoms with Crippen molar-refractivity contribution in [3.8, 4) is 33.8 Å². The zero-order valence-electron chi connectivity index (χ0n) is 26.3. The maximum absolute atomic E-state index is 11.3. The molecule has 2 N–H and O–H groups in total. The molecule has 222 valence electrons. The van der Waals surface area contributed by atoms with Gasteiger partial charge in [0.2, 0.25) is 0 Å². The lowest BCUT2D eigenvalue weighted by Gasteiger charge is -2.23. The number of phenolic OH excluding ortho intramolecular Hbond substituents is 2. The molecule has 0 radical (unpaired) electrons. The van der Waals surface area contributed by atoms with Crippen molar-refractivity contribution in [2.45, 2.75) is 52.4 Å². The van der Waals surface area contributed by atoms with Crippen LogP contribution in [0.3, 0.4) is 0 Å². The van der Waals surface area contributed by atoms with Crippen molar-refractivity contribution in [3.63, 3.8) is 0 Å². The molecular formula is C40H40N2O2. The molecule has 0 atom stereocenters. The normalized spacial score (nSPS) is 12.3. The van der Waals surface area contributed by atoms with Gasteiger partial charge in [0.25, 0.3) is 0 Å². The van der Waals surface area contributed by atoms with Gasteiger partial charge in [0, 0.05) is 34.7 Å². The molecular weight excluding hydrogens is 540 g/mol. The molecule has 0 fully saturated rings. The van der Waals surface area contributed by atoms with E-state index in [-0.39, 0.29) is 22.3 Å². The second-order valence-electron chi connectivity index (χ2n) is 13.2. The molecule has 0 aliphatic heterocycles. The smallest absolute Gasteiger partial charge is 0.128 e. The van der Waals surface area contributed by atoms with Crippen LogP contribution in [0.15, 0.2) is 119 Å². The minimum atomic E-state index is -0.262. The Morgan fingerprint density at radius 3 is 1.14 bits per heavy atom. The summed E-state index contributed by atoms with van der Waals surface area (Å²) in [5, 5.41) is 22.6. The van der Waals surface area contributed by atoms with Crippen molar-refractivity contribution < 1.29 is 10.2 Å². The Morgan fingerprint density at radius 1 is 0.455 bits per heavy atom. The zero-order valence-corrected chi connectivity index (χ0v) is 26.3. The number of hydrogen-bond donors (Lipinski definition) is 2. The van der Waals surface area contributed by atoms with Gasteiger partial charge in [-0.05, 0) is 69.5 Å². The lowest BCUT2D eigenvalue weighted by molar-refractivity contribution is 0.445. The summed E-state index contributed by atoms with van der Waals surface area (Å²) in [4.78, 5) is 9.58. The number of aromatic hydroxyl groups is 2. The molecule has 0 bridgehead atoms. The maximum Gasteiger partial charge on any atom is 0.128 e. The second kappa shape index (κ2) is 12.3. The molecule has 44 heavy (non-hydrogen) atoms. The van der Waals surface area contributed by atoms with Crippen LogP contribution < -0.4 is 0 Å². The Bertz CT molecular complexity index is 1690. The Morgan fingerprint density at radius 2 is 0.795 bits per heavy atom. The number of benzene rings is 5. The highest BCUT2D eigenvalue weighted by atomic mass is 16.3. The monoisotopic (exact) mass is 580 g/mol. The second-order valence-corrected chi connectivity index (χ2v) is 13.2. The van der Waals surface area contributed by atoms with Gasteiger partial charge in [0.1, 0.15) is 11.5 Å². The van der Waals surface area contributed by atoms with Crippen LogP contribution in [0.4, 0.5) is 11.4 Å². The fourth-order valence-corrected chi connectivity index (χ4v) is 5.21. The summed E-state index contributed by atoms with van der Waals surface area (Å²) >= 11 is 0.